The average Bonchev–Trinajstić information content (AvgIpc) is 2.76. The Balaban J connectivity index is 1.53. The van der Waals surface area contributed by atoms with Crippen molar-refractivity contribution in [3.8, 4) is 5.75 Å². The molecule has 5 heteroatoms. The van der Waals surface area contributed by atoms with Crippen molar-refractivity contribution in [3.63, 3.8) is 0 Å². The first-order chi connectivity index (χ1) is 14.1. The number of rotatable bonds is 8. The number of amides is 1. The second kappa shape index (κ2) is 10.2. The first-order valence-corrected chi connectivity index (χ1v) is 10.3. The van der Waals surface area contributed by atoms with Crippen LogP contribution in [-0.2, 0) is 9.53 Å². The fourth-order valence-electron chi connectivity index (χ4n) is 3.49. The smallest absolute Gasteiger partial charge is 0.223 e. The summed E-state index contributed by atoms with van der Waals surface area (Å²) < 4.78 is 11.6. The van der Waals surface area contributed by atoms with Crippen molar-refractivity contribution in [1.29, 1.82) is 0 Å². The summed E-state index contributed by atoms with van der Waals surface area (Å²) in [6.45, 7) is 5.75. The van der Waals surface area contributed by atoms with Crippen LogP contribution in [0.4, 0.5) is 0 Å². The average molecular weight is 395 g/mol. The van der Waals surface area contributed by atoms with E-state index in [1.165, 1.54) is 0 Å². The molecule has 1 fully saturated rings. The number of carbonyl (C=O) groups excluding carboxylic acids is 2. The van der Waals surface area contributed by atoms with Gasteiger partial charge in [-0.05, 0) is 43.2 Å². The Kier molecular flexibility index (Phi) is 7.42. The molecule has 0 saturated carbocycles. The number of benzene rings is 2. The third-order valence-corrected chi connectivity index (χ3v) is 5.00. The van der Waals surface area contributed by atoms with Gasteiger partial charge in [0.1, 0.15) is 11.9 Å². The van der Waals surface area contributed by atoms with E-state index < -0.39 is 0 Å². The molecule has 0 radical (unpaired) electrons. The van der Waals surface area contributed by atoms with Gasteiger partial charge in [0.25, 0.3) is 0 Å². The summed E-state index contributed by atoms with van der Waals surface area (Å²) in [6, 6.07) is 17.1. The molecule has 29 heavy (non-hydrogen) atoms. The van der Waals surface area contributed by atoms with Crippen molar-refractivity contribution >= 4 is 11.7 Å². The number of Topliss-reactive ketones (excluding diaryl/α,β-unsaturated/α-hetero) is 1. The van der Waals surface area contributed by atoms with E-state index in [1.54, 1.807) is 24.3 Å². The van der Waals surface area contributed by atoms with Crippen LogP contribution in [0.2, 0.25) is 0 Å². The summed E-state index contributed by atoms with van der Waals surface area (Å²) in [5, 5.41) is 0. The molecule has 1 heterocycles. The molecule has 2 unspecified atom stereocenters. The highest BCUT2D eigenvalue weighted by Gasteiger charge is 2.29. The quantitative estimate of drug-likeness (QED) is 0.621. The van der Waals surface area contributed by atoms with Crippen LogP contribution < -0.4 is 4.74 Å². The Morgan fingerprint density at radius 1 is 1.03 bits per heavy atom. The number of nitrogens with zero attached hydrogens (tertiary/aromatic N) is 1. The Morgan fingerprint density at radius 3 is 2.45 bits per heavy atom. The Hall–Kier alpha value is -2.66. The van der Waals surface area contributed by atoms with Crippen LogP contribution in [0, 0.1) is 0 Å². The lowest BCUT2D eigenvalue weighted by Gasteiger charge is -2.37. The van der Waals surface area contributed by atoms with E-state index >= 15 is 0 Å². The third kappa shape index (κ3) is 5.91. The van der Waals surface area contributed by atoms with Crippen LogP contribution in [0.15, 0.2) is 54.6 Å². The maximum Gasteiger partial charge on any atom is 0.223 e. The van der Waals surface area contributed by atoms with Gasteiger partial charge in [-0.3, -0.25) is 9.59 Å². The van der Waals surface area contributed by atoms with E-state index in [9.17, 15) is 9.59 Å². The molecular weight excluding hydrogens is 366 g/mol. The number of hydrogen-bond donors (Lipinski definition) is 0. The van der Waals surface area contributed by atoms with E-state index in [-0.39, 0.29) is 36.7 Å². The zero-order chi connectivity index (χ0) is 20.6. The molecular formula is C24H29NO4. The molecule has 154 valence electrons. The monoisotopic (exact) mass is 395 g/mol. The largest absolute Gasteiger partial charge is 0.494 e. The summed E-state index contributed by atoms with van der Waals surface area (Å²) >= 11 is 0. The van der Waals surface area contributed by atoms with E-state index in [1.807, 2.05) is 49.1 Å². The number of ketones is 1. The van der Waals surface area contributed by atoms with Crippen LogP contribution in [0.3, 0.4) is 0 Å². The molecule has 1 aliphatic rings. The normalized spacial score (nSPS) is 19.0. The SMILES string of the molecule is CCCOc1ccc(C(=O)CCC(=O)N2CC(C)OC(c3ccccc3)C2)cc1. The predicted octanol–water partition coefficient (Wildman–Crippen LogP) is 4.43. The summed E-state index contributed by atoms with van der Waals surface area (Å²) in [4.78, 5) is 27.0. The lowest BCUT2D eigenvalue weighted by molar-refractivity contribution is -0.144. The second-order valence-corrected chi connectivity index (χ2v) is 7.44. The molecule has 1 aliphatic heterocycles. The first-order valence-electron chi connectivity index (χ1n) is 10.3. The van der Waals surface area contributed by atoms with Crippen molar-refractivity contribution in [1.82, 2.24) is 4.90 Å². The molecule has 1 amide bonds. The highest BCUT2D eigenvalue weighted by molar-refractivity contribution is 5.98. The highest BCUT2D eigenvalue weighted by atomic mass is 16.5. The van der Waals surface area contributed by atoms with Gasteiger partial charge in [-0.2, -0.15) is 0 Å². The molecule has 3 rings (SSSR count). The maximum atomic E-state index is 12.7. The summed E-state index contributed by atoms with van der Waals surface area (Å²) in [5.41, 5.74) is 1.68. The second-order valence-electron chi connectivity index (χ2n) is 7.44. The van der Waals surface area contributed by atoms with Gasteiger partial charge in [-0.15, -0.1) is 0 Å². The number of carbonyl (C=O) groups is 2. The zero-order valence-corrected chi connectivity index (χ0v) is 17.2. The van der Waals surface area contributed by atoms with Gasteiger partial charge in [0.05, 0.1) is 19.3 Å². The Bertz CT molecular complexity index is 803. The molecule has 1 saturated heterocycles. The van der Waals surface area contributed by atoms with Gasteiger partial charge in [-0.1, -0.05) is 37.3 Å². The summed E-state index contributed by atoms with van der Waals surface area (Å²) in [7, 11) is 0. The molecule has 0 aliphatic carbocycles. The van der Waals surface area contributed by atoms with Crippen LogP contribution in [-0.4, -0.2) is 42.4 Å². The molecule has 0 spiro atoms. The standard InChI is InChI=1S/C24H29NO4/c1-3-15-28-21-11-9-19(10-12-21)22(26)13-14-24(27)25-16-18(2)29-23(17-25)20-7-5-4-6-8-20/h4-12,18,23H,3,13-17H2,1-2H3. The van der Waals surface area contributed by atoms with Crippen molar-refractivity contribution < 1.29 is 19.1 Å². The van der Waals surface area contributed by atoms with Crippen LogP contribution >= 0.6 is 0 Å². The zero-order valence-electron chi connectivity index (χ0n) is 17.2. The van der Waals surface area contributed by atoms with Gasteiger partial charge < -0.3 is 14.4 Å². The lowest BCUT2D eigenvalue weighted by atomic mass is 10.0. The predicted molar refractivity (Wildman–Crippen MR) is 112 cm³/mol. The lowest BCUT2D eigenvalue weighted by Crippen LogP contribution is -2.46. The maximum absolute atomic E-state index is 12.7. The molecule has 0 aromatic heterocycles. The number of hydrogen-bond acceptors (Lipinski definition) is 4. The minimum absolute atomic E-state index is 0.00247. The summed E-state index contributed by atoms with van der Waals surface area (Å²) in [6.07, 6.45) is 1.19. The molecule has 0 bridgehead atoms. The Labute approximate surface area is 172 Å². The van der Waals surface area contributed by atoms with Gasteiger partial charge in [0, 0.05) is 24.9 Å². The van der Waals surface area contributed by atoms with Crippen molar-refractivity contribution in [3.05, 3.63) is 65.7 Å². The van der Waals surface area contributed by atoms with E-state index in [0.717, 1.165) is 17.7 Å². The molecule has 2 atom stereocenters. The van der Waals surface area contributed by atoms with E-state index in [2.05, 4.69) is 0 Å². The molecule has 0 N–H and O–H groups in total. The molecule has 2 aromatic carbocycles. The molecule has 5 nitrogen and oxygen atoms in total. The van der Waals surface area contributed by atoms with Crippen LogP contribution in [0.25, 0.3) is 0 Å². The van der Waals surface area contributed by atoms with Crippen molar-refractivity contribution in [2.75, 3.05) is 19.7 Å². The van der Waals surface area contributed by atoms with Gasteiger partial charge in [0.2, 0.25) is 5.91 Å². The number of ether oxygens (including phenoxy) is 2. The number of morpholine rings is 1. The minimum Gasteiger partial charge on any atom is -0.494 e. The topological polar surface area (TPSA) is 55.8 Å². The van der Waals surface area contributed by atoms with Gasteiger partial charge in [0.15, 0.2) is 5.78 Å². The fourth-order valence-corrected chi connectivity index (χ4v) is 3.49. The van der Waals surface area contributed by atoms with Gasteiger partial charge >= 0.3 is 0 Å². The highest BCUT2D eigenvalue weighted by Crippen LogP contribution is 2.25. The minimum atomic E-state index is -0.129. The fraction of sp³-hybridized carbons (Fsp3) is 0.417. The van der Waals surface area contributed by atoms with Crippen molar-refractivity contribution in [2.45, 2.75) is 45.3 Å². The van der Waals surface area contributed by atoms with Gasteiger partial charge in [-0.25, -0.2) is 0 Å². The Morgan fingerprint density at radius 2 is 1.76 bits per heavy atom. The van der Waals surface area contributed by atoms with E-state index in [4.69, 9.17) is 9.47 Å². The van der Waals surface area contributed by atoms with E-state index in [0.29, 0.717) is 25.3 Å². The first kappa shape index (κ1) is 21.1. The van der Waals surface area contributed by atoms with Crippen molar-refractivity contribution in [2.24, 2.45) is 0 Å². The van der Waals surface area contributed by atoms with Crippen LogP contribution in [0.1, 0.15) is 55.1 Å². The van der Waals surface area contributed by atoms with Crippen LogP contribution in [0.5, 0.6) is 5.75 Å². The summed E-state index contributed by atoms with van der Waals surface area (Å²) in [5.74, 6) is 0.729. The third-order valence-electron chi connectivity index (χ3n) is 5.00. The molecule has 2 aromatic rings.